The van der Waals surface area contributed by atoms with Gasteiger partial charge in [0.05, 0.1) is 11.2 Å². The molecule has 0 saturated heterocycles. The van der Waals surface area contributed by atoms with Crippen molar-refractivity contribution in [3.8, 4) is 5.69 Å². The molecule has 4 rings (SSSR count). The molecule has 3 nitrogen and oxygen atoms in total. The Hall–Kier alpha value is -2.47. The maximum atomic E-state index is 4.68. The molecule has 2 heterocycles. The van der Waals surface area contributed by atoms with Gasteiger partial charge in [0.15, 0.2) is 0 Å². The number of halogens is 1. The van der Waals surface area contributed by atoms with Crippen LogP contribution in [0, 0.1) is 17.4 Å². The van der Waals surface area contributed by atoms with Gasteiger partial charge < -0.3 is 4.57 Å². The number of pyridine rings is 1. The van der Waals surface area contributed by atoms with Crippen LogP contribution in [0.4, 0.5) is 5.69 Å². The summed E-state index contributed by atoms with van der Waals surface area (Å²) in [5, 5.41) is 1.10. The Morgan fingerprint density at radius 2 is 1.81 bits per heavy atom. The molecule has 26 heavy (non-hydrogen) atoms. The Balaban J connectivity index is 1.68. The number of aryl methyl sites for hydroxylation is 1. The van der Waals surface area contributed by atoms with E-state index in [1.165, 1.54) is 20.6 Å². The van der Waals surface area contributed by atoms with E-state index in [-0.39, 0.29) is 0 Å². The normalized spacial score (nSPS) is 11.5. The van der Waals surface area contributed by atoms with E-state index < -0.39 is 0 Å². The molecule has 0 fully saturated rings. The molecule has 4 aromatic rings. The maximum absolute atomic E-state index is 4.68. The second kappa shape index (κ2) is 7.03. The molecule has 128 valence electrons. The fourth-order valence-electron chi connectivity index (χ4n) is 3.19. The Kier molecular flexibility index (Phi) is 4.59. The quantitative estimate of drug-likeness (QED) is 0.278. The molecule has 0 radical (unpaired) electrons. The van der Waals surface area contributed by atoms with Gasteiger partial charge in [0.1, 0.15) is 0 Å². The van der Waals surface area contributed by atoms with Crippen molar-refractivity contribution in [2.75, 3.05) is 0 Å². The van der Waals surface area contributed by atoms with Crippen molar-refractivity contribution in [2.45, 2.75) is 13.8 Å². The third-order valence-electron chi connectivity index (χ3n) is 4.49. The van der Waals surface area contributed by atoms with Crippen molar-refractivity contribution in [3.63, 3.8) is 0 Å². The maximum Gasteiger partial charge on any atom is 0.0703 e. The van der Waals surface area contributed by atoms with Crippen LogP contribution in [0.3, 0.4) is 0 Å². The number of nitrogens with zero attached hydrogens (tertiary/aromatic N) is 3. The molecule has 4 heteroatoms. The molecule has 0 unspecified atom stereocenters. The lowest BCUT2D eigenvalue weighted by Gasteiger charge is -2.09. The van der Waals surface area contributed by atoms with Crippen LogP contribution in [-0.2, 0) is 0 Å². The van der Waals surface area contributed by atoms with Gasteiger partial charge in [-0.05, 0) is 91.0 Å². The molecular formula is C22H18IN3. The standard InChI is InChI=1S/C22H18IN3/c1-15-12-18(16(2)26(15)21-8-5-19(23)6-9-21)14-25-20-7-10-22-17(13-20)4-3-11-24-22/h3-14H,1-2H3. The average Bonchev–Trinajstić information content (AvgIpc) is 2.94. The van der Waals surface area contributed by atoms with E-state index in [1.54, 1.807) is 0 Å². The van der Waals surface area contributed by atoms with Crippen LogP contribution >= 0.6 is 22.6 Å². The average molecular weight is 451 g/mol. The van der Waals surface area contributed by atoms with Crippen molar-refractivity contribution in [3.05, 3.63) is 87.4 Å². The van der Waals surface area contributed by atoms with Gasteiger partial charge in [0, 0.05) is 44.0 Å². The number of aliphatic imine (C=N–C) groups is 1. The first-order valence-corrected chi connectivity index (χ1v) is 9.53. The summed E-state index contributed by atoms with van der Waals surface area (Å²) in [7, 11) is 0. The van der Waals surface area contributed by atoms with Gasteiger partial charge in [-0.1, -0.05) is 6.07 Å². The first kappa shape index (κ1) is 17.0. The molecule has 0 amide bonds. The van der Waals surface area contributed by atoms with Gasteiger partial charge in [-0.3, -0.25) is 9.98 Å². The van der Waals surface area contributed by atoms with Gasteiger partial charge in [-0.25, -0.2) is 0 Å². The van der Waals surface area contributed by atoms with Crippen molar-refractivity contribution < 1.29 is 0 Å². The number of aromatic nitrogens is 2. The Bertz CT molecular complexity index is 1110. The van der Waals surface area contributed by atoms with Crippen molar-refractivity contribution in [1.82, 2.24) is 9.55 Å². The minimum Gasteiger partial charge on any atom is -0.318 e. The fraction of sp³-hybridized carbons (Fsp3) is 0.0909. The van der Waals surface area contributed by atoms with Gasteiger partial charge >= 0.3 is 0 Å². The Morgan fingerprint density at radius 1 is 1.00 bits per heavy atom. The van der Waals surface area contributed by atoms with E-state index in [2.05, 4.69) is 93.4 Å². The van der Waals surface area contributed by atoms with E-state index >= 15 is 0 Å². The molecule has 0 N–H and O–H groups in total. The summed E-state index contributed by atoms with van der Waals surface area (Å²) in [5.41, 5.74) is 6.62. The predicted octanol–water partition coefficient (Wildman–Crippen LogP) is 6.00. The summed E-state index contributed by atoms with van der Waals surface area (Å²) in [6.45, 7) is 4.26. The van der Waals surface area contributed by atoms with E-state index in [1.807, 2.05) is 30.6 Å². The van der Waals surface area contributed by atoms with Gasteiger partial charge in [-0.15, -0.1) is 0 Å². The summed E-state index contributed by atoms with van der Waals surface area (Å²) in [6, 6.07) is 20.8. The molecule has 2 aromatic carbocycles. The lowest BCUT2D eigenvalue weighted by Crippen LogP contribution is -1.99. The van der Waals surface area contributed by atoms with Gasteiger partial charge in [0.25, 0.3) is 0 Å². The van der Waals surface area contributed by atoms with Crippen LogP contribution in [-0.4, -0.2) is 15.8 Å². The van der Waals surface area contributed by atoms with Crippen LogP contribution in [0.1, 0.15) is 17.0 Å². The zero-order valence-corrected chi connectivity index (χ0v) is 16.8. The SMILES string of the molecule is Cc1cc(C=Nc2ccc3ncccc3c2)c(C)n1-c1ccc(I)cc1. The van der Waals surface area contributed by atoms with Crippen LogP contribution in [0.25, 0.3) is 16.6 Å². The highest BCUT2D eigenvalue weighted by molar-refractivity contribution is 14.1. The van der Waals surface area contributed by atoms with E-state index in [4.69, 9.17) is 0 Å². The second-order valence-corrected chi connectivity index (χ2v) is 7.52. The van der Waals surface area contributed by atoms with Crippen LogP contribution in [0.2, 0.25) is 0 Å². The lowest BCUT2D eigenvalue weighted by atomic mass is 10.2. The third-order valence-corrected chi connectivity index (χ3v) is 5.21. The molecule has 0 saturated carbocycles. The monoisotopic (exact) mass is 451 g/mol. The molecule has 0 atom stereocenters. The molecular weight excluding hydrogens is 433 g/mol. The highest BCUT2D eigenvalue weighted by Crippen LogP contribution is 2.23. The van der Waals surface area contributed by atoms with Crippen molar-refractivity contribution >= 4 is 45.4 Å². The summed E-state index contributed by atoms with van der Waals surface area (Å²) < 4.78 is 3.50. The summed E-state index contributed by atoms with van der Waals surface area (Å²) in [5.74, 6) is 0. The van der Waals surface area contributed by atoms with Gasteiger partial charge in [0.2, 0.25) is 0 Å². The molecule has 0 aliphatic rings. The molecule has 0 spiro atoms. The van der Waals surface area contributed by atoms with E-state index in [0.29, 0.717) is 0 Å². The second-order valence-electron chi connectivity index (χ2n) is 6.28. The third kappa shape index (κ3) is 3.29. The number of hydrogen-bond donors (Lipinski definition) is 0. The van der Waals surface area contributed by atoms with Gasteiger partial charge in [-0.2, -0.15) is 0 Å². The predicted molar refractivity (Wildman–Crippen MR) is 117 cm³/mol. The van der Waals surface area contributed by atoms with Crippen LogP contribution < -0.4 is 0 Å². The largest absolute Gasteiger partial charge is 0.318 e. The number of hydrogen-bond acceptors (Lipinski definition) is 2. The van der Waals surface area contributed by atoms with Crippen molar-refractivity contribution in [2.24, 2.45) is 4.99 Å². The minimum absolute atomic E-state index is 0.935. The highest BCUT2D eigenvalue weighted by Gasteiger charge is 2.09. The smallest absolute Gasteiger partial charge is 0.0703 e. The fourth-order valence-corrected chi connectivity index (χ4v) is 3.55. The first-order valence-electron chi connectivity index (χ1n) is 8.45. The number of fused-ring (bicyclic) bond motifs is 1. The van der Waals surface area contributed by atoms with Crippen LogP contribution in [0.15, 0.2) is 71.9 Å². The topological polar surface area (TPSA) is 30.2 Å². The van der Waals surface area contributed by atoms with Crippen LogP contribution in [0.5, 0.6) is 0 Å². The molecule has 0 bridgehead atoms. The Labute approximate surface area is 166 Å². The first-order chi connectivity index (χ1) is 12.6. The zero-order valence-electron chi connectivity index (χ0n) is 14.6. The zero-order chi connectivity index (χ0) is 18.1. The van der Waals surface area contributed by atoms with E-state index in [9.17, 15) is 0 Å². The van der Waals surface area contributed by atoms with Crippen molar-refractivity contribution in [1.29, 1.82) is 0 Å². The molecule has 0 aliphatic heterocycles. The molecule has 0 aliphatic carbocycles. The summed E-state index contributed by atoms with van der Waals surface area (Å²) in [4.78, 5) is 9.04. The summed E-state index contributed by atoms with van der Waals surface area (Å²) >= 11 is 2.33. The number of benzene rings is 2. The number of rotatable bonds is 3. The Morgan fingerprint density at radius 3 is 2.62 bits per heavy atom. The van der Waals surface area contributed by atoms with E-state index in [0.717, 1.165) is 22.2 Å². The summed E-state index contributed by atoms with van der Waals surface area (Å²) in [6.07, 6.45) is 3.76. The minimum atomic E-state index is 0.935. The lowest BCUT2D eigenvalue weighted by molar-refractivity contribution is 0.964. The highest BCUT2D eigenvalue weighted by atomic mass is 127. The molecule has 2 aromatic heterocycles.